The Morgan fingerprint density at radius 2 is 1.79 bits per heavy atom. The van der Waals surface area contributed by atoms with Gasteiger partial charge in [0.2, 0.25) is 0 Å². The van der Waals surface area contributed by atoms with Gasteiger partial charge in [-0.2, -0.15) is 13.2 Å². The van der Waals surface area contributed by atoms with Crippen LogP contribution >= 0.6 is 0 Å². The van der Waals surface area contributed by atoms with Crippen molar-refractivity contribution in [3.63, 3.8) is 0 Å². The van der Waals surface area contributed by atoms with Crippen molar-refractivity contribution in [3.8, 4) is 0 Å². The van der Waals surface area contributed by atoms with Crippen molar-refractivity contribution in [2.75, 3.05) is 50.0 Å². The van der Waals surface area contributed by atoms with Gasteiger partial charge in [0.15, 0.2) is 6.61 Å². The molecule has 13 heteroatoms. The average Bonchev–Trinajstić information content (AvgIpc) is 2.81. The second-order valence-corrected chi connectivity index (χ2v) is 9.59. The number of anilines is 1. The van der Waals surface area contributed by atoms with Gasteiger partial charge in [0, 0.05) is 44.6 Å². The van der Waals surface area contributed by atoms with Crippen LogP contribution in [0.15, 0.2) is 52.6 Å². The van der Waals surface area contributed by atoms with Crippen LogP contribution in [0.1, 0.15) is 5.56 Å². The number of nitrogens with zero attached hydrogens (tertiary/aromatic N) is 4. The largest absolute Gasteiger partial charge is 0.452 e. The number of carbonyl (C=O) groups excluding carboxylic acids is 2. The van der Waals surface area contributed by atoms with Gasteiger partial charge in [0.05, 0.1) is 16.9 Å². The van der Waals surface area contributed by atoms with E-state index in [9.17, 15) is 31.2 Å². The number of amidine groups is 1. The lowest BCUT2D eigenvalue weighted by molar-refractivity contribution is -0.148. The second-order valence-electron chi connectivity index (χ2n) is 7.84. The van der Waals surface area contributed by atoms with E-state index in [1.807, 2.05) is 0 Å². The number of alkyl halides is 3. The number of amides is 1. The van der Waals surface area contributed by atoms with Gasteiger partial charge in [0.1, 0.15) is 5.84 Å². The minimum absolute atomic E-state index is 0.150. The molecule has 0 N–H and O–H groups in total. The fraction of sp³-hybridized carbons (Fsp3) is 0.381. The van der Waals surface area contributed by atoms with Crippen LogP contribution < -0.4 is 4.90 Å². The number of rotatable bonds is 4. The zero-order chi connectivity index (χ0) is 24.5. The first-order valence-electron chi connectivity index (χ1n) is 10.4. The molecule has 3 aliphatic heterocycles. The van der Waals surface area contributed by atoms with Crippen LogP contribution in [0.5, 0.6) is 0 Å². The van der Waals surface area contributed by atoms with Crippen molar-refractivity contribution in [1.82, 2.24) is 9.80 Å². The number of ether oxygens (including phenoxy) is 1. The average molecular weight is 498 g/mol. The highest BCUT2D eigenvalue weighted by Crippen LogP contribution is 2.31. The smallest absolute Gasteiger partial charge is 0.416 e. The highest BCUT2D eigenvalue weighted by Gasteiger charge is 2.31. The van der Waals surface area contributed by atoms with Gasteiger partial charge < -0.3 is 19.4 Å². The summed E-state index contributed by atoms with van der Waals surface area (Å²) in [4.78, 5) is 29.6. The number of piperazine rings is 1. The van der Waals surface area contributed by atoms with Gasteiger partial charge in [-0.15, -0.1) is 4.40 Å². The number of halogens is 3. The van der Waals surface area contributed by atoms with Gasteiger partial charge in [-0.25, -0.2) is 13.2 Å². The zero-order valence-electron chi connectivity index (χ0n) is 17.9. The van der Waals surface area contributed by atoms with E-state index in [0.29, 0.717) is 18.8 Å². The van der Waals surface area contributed by atoms with E-state index in [-0.39, 0.29) is 36.8 Å². The summed E-state index contributed by atoms with van der Waals surface area (Å²) >= 11 is 0. The summed E-state index contributed by atoms with van der Waals surface area (Å²) in [5, 5.41) is 0. The molecule has 0 bridgehead atoms. The van der Waals surface area contributed by atoms with Gasteiger partial charge in [-0.3, -0.25) is 4.79 Å². The van der Waals surface area contributed by atoms with Crippen molar-refractivity contribution >= 4 is 33.4 Å². The quantitative estimate of drug-likeness (QED) is 0.579. The summed E-state index contributed by atoms with van der Waals surface area (Å²) in [6, 6.07) is 5.03. The van der Waals surface area contributed by atoms with Crippen LogP contribution in [0.25, 0.3) is 0 Å². The molecule has 1 aromatic carbocycles. The summed E-state index contributed by atoms with van der Waals surface area (Å²) in [5.41, 5.74) is -0.149. The molecule has 9 nitrogen and oxygen atoms in total. The van der Waals surface area contributed by atoms with E-state index < -0.39 is 40.2 Å². The van der Waals surface area contributed by atoms with Crippen molar-refractivity contribution in [2.24, 2.45) is 4.40 Å². The maximum absolute atomic E-state index is 12.9. The molecular weight excluding hydrogens is 477 g/mol. The Labute approximate surface area is 193 Å². The van der Waals surface area contributed by atoms with Crippen molar-refractivity contribution in [1.29, 1.82) is 0 Å². The predicted molar refractivity (Wildman–Crippen MR) is 116 cm³/mol. The molecule has 0 radical (unpaired) electrons. The number of esters is 1. The van der Waals surface area contributed by atoms with E-state index >= 15 is 0 Å². The number of hydrogen-bond donors (Lipinski definition) is 0. The van der Waals surface area contributed by atoms with Crippen LogP contribution in [0.4, 0.5) is 18.9 Å². The summed E-state index contributed by atoms with van der Waals surface area (Å²) in [6.07, 6.45) is -0.242. The Bertz CT molecular complexity index is 1190. The third-order valence-corrected chi connectivity index (χ3v) is 6.72. The highest BCUT2D eigenvalue weighted by molar-refractivity contribution is 7.90. The van der Waals surface area contributed by atoms with Crippen LogP contribution in [0, 0.1) is 0 Å². The minimum atomic E-state index is -4.43. The SMILES string of the molecule is O=C(OCC(=O)N1CCN(c2cccc(C(F)(F)F)c2)CC1)C1=CN2CCS(=O)(=O)N=C2C=C1. The van der Waals surface area contributed by atoms with Crippen molar-refractivity contribution < 1.29 is 35.9 Å². The maximum atomic E-state index is 12.9. The molecule has 0 aliphatic carbocycles. The summed E-state index contributed by atoms with van der Waals surface area (Å²) in [5.74, 6) is -1.12. The molecule has 3 aliphatic rings. The number of benzene rings is 1. The topological polar surface area (TPSA) is 99.6 Å². The highest BCUT2D eigenvalue weighted by atomic mass is 32.2. The van der Waals surface area contributed by atoms with Crippen LogP contribution in [0.2, 0.25) is 0 Å². The van der Waals surface area contributed by atoms with E-state index in [1.165, 1.54) is 34.2 Å². The first kappa shape index (κ1) is 23.8. The van der Waals surface area contributed by atoms with E-state index in [0.717, 1.165) is 12.1 Å². The van der Waals surface area contributed by atoms with Gasteiger partial charge in [-0.05, 0) is 30.4 Å². The molecule has 1 fully saturated rings. The van der Waals surface area contributed by atoms with Gasteiger partial charge >= 0.3 is 12.1 Å². The third-order valence-electron chi connectivity index (χ3n) is 5.56. The molecule has 1 aromatic rings. The molecule has 0 saturated carbocycles. The number of sulfonamides is 1. The van der Waals surface area contributed by atoms with Crippen LogP contribution in [-0.4, -0.2) is 81.0 Å². The van der Waals surface area contributed by atoms with Gasteiger partial charge in [-0.1, -0.05) is 6.07 Å². The number of hydrogen-bond acceptors (Lipinski definition) is 7. The lowest BCUT2D eigenvalue weighted by Gasteiger charge is -2.36. The lowest BCUT2D eigenvalue weighted by atomic mass is 10.1. The Morgan fingerprint density at radius 3 is 2.50 bits per heavy atom. The monoisotopic (exact) mass is 498 g/mol. The fourth-order valence-corrected chi connectivity index (χ4v) is 4.69. The molecular formula is C21H21F3N4O5S. The molecule has 0 spiro atoms. The Kier molecular flexibility index (Phi) is 6.39. The standard InChI is InChI=1S/C21H21F3N4O5S/c22-21(23,24)16-2-1-3-17(12-16)26-6-8-27(9-7-26)19(29)14-33-20(30)15-4-5-18-25-34(31,32)11-10-28(18)13-15/h1-5,12-13H,6-11,14H2. The molecule has 4 rings (SSSR count). The lowest BCUT2D eigenvalue weighted by Crippen LogP contribution is -2.50. The minimum Gasteiger partial charge on any atom is -0.452 e. The first-order chi connectivity index (χ1) is 16.0. The van der Waals surface area contributed by atoms with Crippen LogP contribution in [0.3, 0.4) is 0 Å². The Balaban J connectivity index is 1.28. The fourth-order valence-electron chi connectivity index (χ4n) is 3.72. The third kappa shape index (κ3) is 5.41. The van der Waals surface area contributed by atoms with E-state index in [1.54, 1.807) is 11.0 Å². The molecule has 0 aromatic heterocycles. The molecule has 0 unspecified atom stereocenters. The number of fused-ring (bicyclic) bond motifs is 1. The summed E-state index contributed by atoms with van der Waals surface area (Å²) < 4.78 is 70.7. The van der Waals surface area contributed by atoms with Gasteiger partial charge in [0.25, 0.3) is 15.9 Å². The molecule has 1 saturated heterocycles. The van der Waals surface area contributed by atoms with Crippen LogP contribution in [-0.2, 0) is 30.5 Å². The normalized spacial score (nSPS) is 19.8. The Hall–Kier alpha value is -3.35. The van der Waals surface area contributed by atoms with Crippen molar-refractivity contribution in [2.45, 2.75) is 6.18 Å². The molecule has 182 valence electrons. The first-order valence-corrected chi connectivity index (χ1v) is 12.0. The van der Waals surface area contributed by atoms with E-state index in [2.05, 4.69) is 4.40 Å². The molecule has 3 heterocycles. The maximum Gasteiger partial charge on any atom is 0.416 e. The predicted octanol–water partition coefficient (Wildman–Crippen LogP) is 1.39. The summed E-state index contributed by atoms with van der Waals surface area (Å²) in [7, 11) is -3.51. The van der Waals surface area contributed by atoms with E-state index in [4.69, 9.17) is 4.74 Å². The molecule has 34 heavy (non-hydrogen) atoms. The summed E-state index contributed by atoms with van der Waals surface area (Å²) in [6.45, 7) is 0.901. The molecule has 1 amide bonds. The number of carbonyl (C=O) groups is 2. The second kappa shape index (κ2) is 9.12. The molecule has 0 atom stereocenters. The zero-order valence-corrected chi connectivity index (χ0v) is 18.7. The van der Waals surface area contributed by atoms with Crippen molar-refractivity contribution in [3.05, 3.63) is 53.8 Å². The Morgan fingerprint density at radius 1 is 1.06 bits per heavy atom.